The first-order valence-electron chi connectivity index (χ1n) is 7.62. The summed E-state index contributed by atoms with van der Waals surface area (Å²) < 4.78 is 12.2. The molecule has 1 atom stereocenters. The fourth-order valence-corrected chi connectivity index (χ4v) is 3.94. The summed E-state index contributed by atoms with van der Waals surface area (Å²) in [6.45, 7) is 2.95. The molecule has 0 bridgehead atoms. The third kappa shape index (κ3) is 4.25. The molecule has 1 unspecified atom stereocenters. The molecule has 0 saturated carbocycles. The van der Waals surface area contributed by atoms with Gasteiger partial charge < -0.3 is 14.4 Å². The Morgan fingerprint density at radius 1 is 1.27 bits per heavy atom. The van der Waals surface area contributed by atoms with E-state index in [1.54, 1.807) is 11.8 Å². The van der Waals surface area contributed by atoms with E-state index in [0.717, 1.165) is 35.3 Å². The highest BCUT2D eigenvalue weighted by atomic mass is 79.9. The number of nitrogens with zero attached hydrogens (tertiary/aromatic N) is 1. The quantitative estimate of drug-likeness (QED) is 0.746. The Bertz CT molecular complexity index is 505. The molecule has 4 nitrogen and oxygen atoms in total. The second kappa shape index (κ2) is 7.81. The highest BCUT2D eigenvalue weighted by Crippen LogP contribution is 2.26. The van der Waals surface area contributed by atoms with Crippen LogP contribution in [0, 0.1) is 5.92 Å². The first kappa shape index (κ1) is 16.3. The molecule has 2 aliphatic rings. The lowest BCUT2D eigenvalue weighted by atomic mass is 9.97. The van der Waals surface area contributed by atoms with Crippen LogP contribution in [-0.2, 0) is 14.3 Å². The number of halogens is 1. The van der Waals surface area contributed by atoms with Crippen molar-refractivity contribution in [2.24, 2.45) is 5.92 Å². The first-order valence-corrected chi connectivity index (χ1v) is 9.39. The predicted molar refractivity (Wildman–Crippen MR) is 89.9 cm³/mol. The van der Waals surface area contributed by atoms with Gasteiger partial charge in [-0.25, -0.2) is 0 Å². The molecule has 6 heteroatoms. The van der Waals surface area contributed by atoms with Crippen LogP contribution in [-0.4, -0.2) is 49.2 Å². The topological polar surface area (TPSA) is 38.8 Å². The summed E-state index contributed by atoms with van der Waals surface area (Å²) in [4.78, 5) is 15.5. The lowest BCUT2D eigenvalue weighted by molar-refractivity contribution is -0.136. The van der Waals surface area contributed by atoms with E-state index < -0.39 is 0 Å². The Balaban J connectivity index is 1.49. The van der Waals surface area contributed by atoms with Crippen molar-refractivity contribution < 1.29 is 14.3 Å². The van der Waals surface area contributed by atoms with Gasteiger partial charge in [-0.15, -0.1) is 11.8 Å². The van der Waals surface area contributed by atoms with Gasteiger partial charge in [0.05, 0.1) is 19.0 Å². The smallest absolute Gasteiger partial charge is 0.232 e. The highest BCUT2D eigenvalue weighted by molar-refractivity contribution is 9.10. The number of piperidine rings is 1. The molecule has 3 rings (SSSR count). The summed E-state index contributed by atoms with van der Waals surface area (Å²) in [6, 6.07) is 8.06. The van der Waals surface area contributed by atoms with Gasteiger partial charge in [0.2, 0.25) is 5.91 Å². The van der Waals surface area contributed by atoms with Gasteiger partial charge in [0.25, 0.3) is 0 Å². The third-order valence-corrected chi connectivity index (χ3v) is 5.54. The second-order valence-corrected chi connectivity index (χ2v) is 7.56. The summed E-state index contributed by atoms with van der Waals surface area (Å²) in [6.07, 6.45) is 1.99. The lowest BCUT2D eigenvalue weighted by Crippen LogP contribution is -2.44. The van der Waals surface area contributed by atoms with Crippen LogP contribution in [0.15, 0.2) is 33.6 Å². The molecule has 0 radical (unpaired) electrons. The molecule has 1 aromatic rings. The van der Waals surface area contributed by atoms with Gasteiger partial charge >= 0.3 is 0 Å². The number of amides is 1. The maximum Gasteiger partial charge on any atom is 0.232 e. The number of thioether (sulfide) groups is 1. The number of hydrogen-bond acceptors (Lipinski definition) is 4. The zero-order valence-corrected chi connectivity index (χ0v) is 14.8. The molecule has 2 saturated heterocycles. The molecule has 2 heterocycles. The van der Waals surface area contributed by atoms with E-state index in [-0.39, 0.29) is 12.2 Å². The van der Waals surface area contributed by atoms with Crippen molar-refractivity contribution in [1.29, 1.82) is 0 Å². The van der Waals surface area contributed by atoms with Gasteiger partial charge in [0.1, 0.15) is 0 Å². The molecule has 2 aliphatic heterocycles. The van der Waals surface area contributed by atoms with Crippen molar-refractivity contribution in [2.75, 3.05) is 32.1 Å². The monoisotopic (exact) mass is 385 g/mol. The Kier molecular flexibility index (Phi) is 5.79. The van der Waals surface area contributed by atoms with Crippen LogP contribution in [0.5, 0.6) is 0 Å². The minimum absolute atomic E-state index is 0.116. The van der Waals surface area contributed by atoms with Crippen molar-refractivity contribution >= 4 is 33.6 Å². The van der Waals surface area contributed by atoms with Crippen molar-refractivity contribution in [1.82, 2.24) is 4.90 Å². The first-order chi connectivity index (χ1) is 10.7. The van der Waals surface area contributed by atoms with Crippen LogP contribution in [0.25, 0.3) is 0 Å². The fourth-order valence-electron chi connectivity index (χ4n) is 2.87. The van der Waals surface area contributed by atoms with Crippen molar-refractivity contribution in [3.05, 3.63) is 28.7 Å². The lowest BCUT2D eigenvalue weighted by Gasteiger charge is -2.34. The van der Waals surface area contributed by atoms with Crippen LogP contribution >= 0.6 is 27.7 Å². The Morgan fingerprint density at radius 3 is 2.73 bits per heavy atom. The van der Waals surface area contributed by atoms with Crippen LogP contribution in [0.2, 0.25) is 0 Å². The average Bonchev–Trinajstić information content (AvgIpc) is 3.09. The summed E-state index contributed by atoms with van der Waals surface area (Å²) in [5.74, 6) is 1.01. The Labute approximate surface area is 143 Å². The zero-order chi connectivity index (χ0) is 15.4. The number of carbonyl (C=O) groups excluding carboxylic acids is 1. The molecule has 0 spiro atoms. The van der Waals surface area contributed by atoms with E-state index in [1.807, 2.05) is 29.2 Å². The van der Waals surface area contributed by atoms with Crippen LogP contribution in [0.1, 0.15) is 12.8 Å². The van der Waals surface area contributed by atoms with E-state index in [2.05, 4.69) is 15.9 Å². The van der Waals surface area contributed by atoms with Crippen LogP contribution in [0.3, 0.4) is 0 Å². The molecule has 22 heavy (non-hydrogen) atoms. The van der Waals surface area contributed by atoms with E-state index >= 15 is 0 Å². The number of likely N-dealkylation sites (tertiary alicyclic amines) is 1. The molecule has 0 aliphatic carbocycles. The summed E-state index contributed by atoms with van der Waals surface area (Å²) in [7, 11) is 0. The van der Waals surface area contributed by atoms with Gasteiger partial charge in [0, 0.05) is 28.4 Å². The number of carbonyl (C=O) groups is 1. The van der Waals surface area contributed by atoms with Gasteiger partial charge in [-0.05, 0) is 37.1 Å². The van der Waals surface area contributed by atoms with Crippen LogP contribution in [0.4, 0.5) is 0 Å². The standard InChI is InChI=1S/C16H20BrNO3S/c17-13-3-5-14(6-4-13)22-11-15(19)18-7-1-2-12(10-18)16-20-8-9-21-16/h3-6,12,16H,1-2,7-11H2. The van der Waals surface area contributed by atoms with Gasteiger partial charge in [-0.2, -0.15) is 0 Å². The number of benzene rings is 1. The van der Waals surface area contributed by atoms with Crippen molar-refractivity contribution in [3.8, 4) is 0 Å². The Morgan fingerprint density at radius 2 is 2.00 bits per heavy atom. The van der Waals surface area contributed by atoms with Crippen LogP contribution < -0.4 is 0 Å². The van der Waals surface area contributed by atoms with E-state index in [4.69, 9.17) is 9.47 Å². The molecule has 2 fully saturated rings. The molecule has 1 amide bonds. The predicted octanol–water partition coefficient (Wildman–Crippen LogP) is 3.15. The zero-order valence-electron chi connectivity index (χ0n) is 12.4. The summed E-state index contributed by atoms with van der Waals surface area (Å²) in [5, 5.41) is 0. The van der Waals surface area contributed by atoms with E-state index in [9.17, 15) is 4.79 Å². The maximum absolute atomic E-state index is 12.4. The largest absolute Gasteiger partial charge is 0.350 e. The SMILES string of the molecule is O=C(CSc1ccc(Br)cc1)N1CCCC(C2OCCO2)C1. The van der Waals surface area contributed by atoms with Crippen molar-refractivity contribution in [2.45, 2.75) is 24.0 Å². The maximum atomic E-state index is 12.4. The van der Waals surface area contributed by atoms with Gasteiger partial charge in [-0.3, -0.25) is 4.79 Å². The fraction of sp³-hybridized carbons (Fsp3) is 0.562. The minimum atomic E-state index is -0.116. The normalized spacial score (nSPS) is 23.0. The molecule has 0 N–H and O–H groups in total. The summed E-state index contributed by atoms with van der Waals surface area (Å²) >= 11 is 5.01. The molecule has 0 aromatic heterocycles. The average molecular weight is 386 g/mol. The van der Waals surface area contributed by atoms with Gasteiger partial charge in [-0.1, -0.05) is 15.9 Å². The number of ether oxygens (including phenoxy) is 2. The molecule has 120 valence electrons. The number of rotatable bonds is 4. The third-order valence-electron chi connectivity index (χ3n) is 4.02. The highest BCUT2D eigenvalue weighted by Gasteiger charge is 2.32. The van der Waals surface area contributed by atoms with Gasteiger partial charge in [0.15, 0.2) is 6.29 Å². The minimum Gasteiger partial charge on any atom is -0.350 e. The Hall–Kier alpha value is -0.560. The van der Waals surface area contributed by atoms with Crippen molar-refractivity contribution in [3.63, 3.8) is 0 Å². The molecule has 1 aromatic carbocycles. The number of hydrogen-bond donors (Lipinski definition) is 0. The molecular formula is C16H20BrNO3S. The molecular weight excluding hydrogens is 366 g/mol. The van der Waals surface area contributed by atoms with E-state index in [0.29, 0.717) is 24.9 Å². The summed E-state index contributed by atoms with van der Waals surface area (Å²) in [5.41, 5.74) is 0. The second-order valence-electron chi connectivity index (χ2n) is 5.59. The van der Waals surface area contributed by atoms with E-state index in [1.165, 1.54) is 0 Å².